The van der Waals surface area contributed by atoms with Crippen LogP contribution in [-0.4, -0.2) is 37.7 Å². The molecule has 0 radical (unpaired) electrons. The summed E-state index contributed by atoms with van der Waals surface area (Å²) in [4.78, 5) is 23.9. The van der Waals surface area contributed by atoms with Gasteiger partial charge in [-0.15, -0.1) is 0 Å². The van der Waals surface area contributed by atoms with Gasteiger partial charge in [0.15, 0.2) is 0 Å². The number of carboxylic acids is 1. The largest absolute Gasteiger partial charge is 0.550 e. The molecule has 1 aliphatic carbocycles. The lowest BCUT2D eigenvalue weighted by Crippen LogP contribution is -2.42. The van der Waals surface area contributed by atoms with Crippen LogP contribution < -0.4 is 10.4 Å². The molecule has 1 amide bonds. The van der Waals surface area contributed by atoms with Gasteiger partial charge in [-0.05, 0) is 49.9 Å². The Morgan fingerprint density at radius 1 is 0.926 bits per heavy atom. The molecule has 1 N–H and O–H groups in total. The zero-order valence-electron chi connectivity index (χ0n) is 15.2. The fourth-order valence-corrected chi connectivity index (χ4v) is 5.44. The molecule has 148 valence electrons. The molecule has 1 saturated carbocycles. The summed E-state index contributed by atoms with van der Waals surface area (Å²) in [6, 6.07) is 6.06. The minimum atomic E-state index is -3.51. The van der Waals surface area contributed by atoms with Crippen molar-refractivity contribution in [2.75, 3.05) is 18.4 Å². The highest BCUT2D eigenvalue weighted by Crippen LogP contribution is 2.31. The average Bonchev–Trinajstić information content (AvgIpc) is 2.69. The molecule has 2 fully saturated rings. The molecule has 7 nitrogen and oxygen atoms in total. The van der Waals surface area contributed by atoms with Gasteiger partial charge in [-0.2, -0.15) is 4.31 Å². The summed E-state index contributed by atoms with van der Waals surface area (Å²) in [6.45, 7) is 1.07. The van der Waals surface area contributed by atoms with Crippen LogP contribution in [0.1, 0.15) is 44.9 Å². The fraction of sp³-hybridized carbons (Fsp3) is 0.579. The number of carbonyl (C=O) groups is 2. The Labute approximate surface area is 159 Å². The van der Waals surface area contributed by atoms with Crippen LogP contribution in [0.25, 0.3) is 0 Å². The van der Waals surface area contributed by atoms with E-state index in [4.69, 9.17) is 0 Å². The molecule has 1 aliphatic heterocycles. The van der Waals surface area contributed by atoms with Crippen LogP contribution >= 0.6 is 0 Å². The summed E-state index contributed by atoms with van der Waals surface area (Å²) in [7, 11) is -3.51. The van der Waals surface area contributed by atoms with Gasteiger partial charge in [0.05, 0.1) is 4.90 Å². The van der Waals surface area contributed by atoms with E-state index < -0.39 is 27.8 Å². The monoisotopic (exact) mass is 393 g/mol. The number of rotatable bonds is 5. The molecule has 3 rings (SSSR count). The van der Waals surface area contributed by atoms with Gasteiger partial charge in [-0.3, -0.25) is 4.79 Å². The lowest BCUT2D eigenvalue weighted by Gasteiger charge is -2.31. The van der Waals surface area contributed by atoms with Crippen LogP contribution in [0.15, 0.2) is 29.2 Å². The zero-order valence-corrected chi connectivity index (χ0v) is 16.0. The molecule has 1 aromatic rings. The van der Waals surface area contributed by atoms with Crippen molar-refractivity contribution >= 4 is 27.6 Å². The SMILES string of the molecule is O=C([O-])[C@H]1CCCC[C@@H]1C(=O)Nc1ccc(S(=O)(=O)N2CCCCC2)cc1. The van der Waals surface area contributed by atoms with Crippen LogP contribution in [0, 0.1) is 11.8 Å². The molecule has 1 saturated heterocycles. The van der Waals surface area contributed by atoms with Gasteiger partial charge in [-0.25, -0.2) is 8.42 Å². The number of anilines is 1. The number of sulfonamides is 1. The standard InChI is InChI=1S/C19H26N2O5S/c22-18(16-6-2-3-7-17(16)19(23)24)20-14-8-10-15(11-9-14)27(25,26)21-12-4-1-5-13-21/h8-11,16-17H,1-7,12-13H2,(H,20,22)(H,23,24)/p-1/t16-,17-/m0/s1. The molecule has 0 aromatic heterocycles. The van der Waals surface area contributed by atoms with Crippen LogP contribution in [0.3, 0.4) is 0 Å². The highest BCUT2D eigenvalue weighted by molar-refractivity contribution is 7.89. The van der Waals surface area contributed by atoms with Crippen molar-refractivity contribution in [3.8, 4) is 0 Å². The van der Waals surface area contributed by atoms with E-state index in [1.807, 2.05) is 0 Å². The first kappa shape index (κ1) is 19.8. The van der Waals surface area contributed by atoms with E-state index in [0.29, 0.717) is 31.6 Å². The second-order valence-electron chi connectivity index (χ2n) is 7.29. The lowest BCUT2D eigenvalue weighted by molar-refractivity contribution is -0.313. The summed E-state index contributed by atoms with van der Waals surface area (Å²) < 4.78 is 26.8. The van der Waals surface area contributed by atoms with E-state index in [1.54, 1.807) is 12.1 Å². The number of piperidine rings is 1. The van der Waals surface area contributed by atoms with E-state index in [-0.39, 0.29) is 10.8 Å². The van der Waals surface area contributed by atoms with Gasteiger partial charge in [0.25, 0.3) is 0 Å². The molecule has 27 heavy (non-hydrogen) atoms. The van der Waals surface area contributed by atoms with E-state index in [9.17, 15) is 23.1 Å². The first-order valence-corrected chi connectivity index (χ1v) is 11.0. The number of carbonyl (C=O) groups excluding carboxylic acids is 2. The molecule has 0 spiro atoms. The number of hydrogen-bond donors (Lipinski definition) is 1. The van der Waals surface area contributed by atoms with Crippen molar-refractivity contribution < 1.29 is 23.1 Å². The van der Waals surface area contributed by atoms with E-state index in [1.165, 1.54) is 16.4 Å². The average molecular weight is 393 g/mol. The Hall–Kier alpha value is -1.93. The molecule has 1 heterocycles. The highest BCUT2D eigenvalue weighted by Gasteiger charge is 2.32. The van der Waals surface area contributed by atoms with Crippen LogP contribution in [-0.2, 0) is 19.6 Å². The predicted molar refractivity (Wildman–Crippen MR) is 98.1 cm³/mol. The van der Waals surface area contributed by atoms with Gasteiger partial charge in [0, 0.05) is 36.6 Å². The topological polar surface area (TPSA) is 107 Å². The molecule has 0 unspecified atom stereocenters. The van der Waals surface area contributed by atoms with Gasteiger partial charge in [-0.1, -0.05) is 19.3 Å². The molecular weight excluding hydrogens is 368 g/mol. The fourth-order valence-electron chi connectivity index (χ4n) is 3.93. The minimum Gasteiger partial charge on any atom is -0.550 e. The first-order valence-electron chi connectivity index (χ1n) is 9.51. The summed E-state index contributed by atoms with van der Waals surface area (Å²) >= 11 is 0. The molecular formula is C19H25N2O5S-. The smallest absolute Gasteiger partial charge is 0.243 e. The number of aliphatic carboxylic acids is 1. The Morgan fingerprint density at radius 2 is 1.52 bits per heavy atom. The highest BCUT2D eigenvalue weighted by atomic mass is 32.2. The number of nitrogens with one attached hydrogen (secondary N) is 1. The van der Waals surface area contributed by atoms with Gasteiger partial charge < -0.3 is 15.2 Å². The molecule has 0 bridgehead atoms. The zero-order chi connectivity index (χ0) is 19.4. The summed E-state index contributed by atoms with van der Waals surface area (Å²) in [5.41, 5.74) is 0.459. The third kappa shape index (κ3) is 4.50. The Morgan fingerprint density at radius 3 is 2.11 bits per heavy atom. The Balaban J connectivity index is 1.68. The first-order chi connectivity index (χ1) is 12.9. The minimum absolute atomic E-state index is 0.202. The number of benzene rings is 1. The van der Waals surface area contributed by atoms with Crippen molar-refractivity contribution in [2.45, 2.75) is 49.8 Å². The number of amides is 1. The van der Waals surface area contributed by atoms with Crippen LogP contribution in [0.2, 0.25) is 0 Å². The van der Waals surface area contributed by atoms with E-state index >= 15 is 0 Å². The summed E-state index contributed by atoms with van der Waals surface area (Å²) in [5, 5.41) is 14.0. The second-order valence-corrected chi connectivity index (χ2v) is 9.23. The number of carboxylic acid groups (broad SMARTS) is 1. The molecule has 2 atom stereocenters. The third-order valence-electron chi connectivity index (χ3n) is 5.48. The molecule has 2 aliphatic rings. The maximum Gasteiger partial charge on any atom is 0.243 e. The summed E-state index contributed by atoms with van der Waals surface area (Å²) in [6.07, 6.45) is 5.35. The molecule has 1 aromatic carbocycles. The van der Waals surface area contributed by atoms with Crippen molar-refractivity contribution in [3.05, 3.63) is 24.3 Å². The maximum absolute atomic E-state index is 12.7. The van der Waals surface area contributed by atoms with E-state index in [0.717, 1.165) is 32.1 Å². The van der Waals surface area contributed by atoms with Gasteiger partial charge in [0.2, 0.25) is 15.9 Å². The number of hydrogen-bond acceptors (Lipinski definition) is 5. The predicted octanol–water partition coefficient (Wildman–Crippen LogP) is 1.36. The quantitative estimate of drug-likeness (QED) is 0.813. The normalized spacial score (nSPS) is 24.3. The van der Waals surface area contributed by atoms with Crippen LogP contribution in [0.5, 0.6) is 0 Å². The van der Waals surface area contributed by atoms with Gasteiger partial charge >= 0.3 is 0 Å². The van der Waals surface area contributed by atoms with Crippen molar-refractivity contribution in [1.82, 2.24) is 4.31 Å². The van der Waals surface area contributed by atoms with Crippen molar-refractivity contribution in [1.29, 1.82) is 0 Å². The van der Waals surface area contributed by atoms with Gasteiger partial charge in [0.1, 0.15) is 0 Å². The lowest BCUT2D eigenvalue weighted by atomic mass is 9.78. The third-order valence-corrected chi connectivity index (χ3v) is 7.39. The summed E-state index contributed by atoms with van der Waals surface area (Å²) in [5.74, 6) is -2.91. The Bertz CT molecular complexity index is 785. The second kappa shape index (κ2) is 8.39. The Kier molecular flexibility index (Phi) is 6.16. The van der Waals surface area contributed by atoms with E-state index in [2.05, 4.69) is 5.32 Å². The van der Waals surface area contributed by atoms with Crippen molar-refractivity contribution in [2.24, 2.45) is 11.8 Å². The number of nitrogens with zero attached hydrogens (tertiary/aromatic N) is 1. The van der Waals surface area contributed by atoms with Crippen LogP contribution in [0.4, 0.5) is 5.69 Å². The maximum atomic E-state index is 12.7. The molecule has 8 heteroatoms. The van der Waals surface area contributed by atoms with Crippen molar-refractivity contribution in [3.63, 3.8) is 0 Å².